The van der Waals surface area contributed by atoms with Crippen LogP contribution < -0.4 is 10.6 Å². The van der Waals surface area contributed by atoms with E-state index in [4.69, 9.17) is 0 Å². The Labute approximate surface area is 124 Å². The third-order valence-electron chi connectivity index (χ3n) is 3.17. The van der Waals surface area contributed by atoms with Crippen LogP contribution in [0, 0.1) is 0 Å². The number of carbonyl (C=O) groups excluding carboxylic acids is 2. The molecule has 4 heteroatoms. The van der Waals surface area contributed by atoms with Crippen LogP contribution in [0.3, 0.4) is 0 Å². The molecule has 0 fully saturated rings. The average molecular weight is 282 g/mol. The second kappa shape index (κ2) is 6.70. The molecule has 2 rings (SSSR count). The molecule has 0 aliphatic carbocycles. The average Bonchev–Trinajstić information content (AvgIpc) is 2.48. The molecule has 2 N–H and O–H groups in total. The SMILES string of the molecule is CCc1ccc(NC(=O)Nc2ccc(C(C)=O)cc2)cc1. The summed E-state index contributed by atoms with van der Waals surface area (Å²) < 4.78 is 0. The van der Waals surface area contributed by atoms with Gasteiger partial charge in [-0.1, -0.05) is 19.1 Å². The number of rotatable bonds is 4. The quantitative estimate of drug-likeness (QED) is 0.830. The van der Waals surface area contributed by atoms with Gasteiger partial charge in [0.1, 0.15) is 0 Å². The van der Waals surface area contributed by atoms with Gasteiger partial charge in [-0.05, 0) is 55.3 Å². The van der Waals surface area contributed by atoms with E-state index in [0.717, 1.165) is 12.1 Å². The highest BCUT2D eigenvalue weighted by atomic mass is 16.2. The zero-order valence-electron chi connectivity index (χ0n) is 12.1. The molecule has 2 aromatic rings. The molecule has 0 bridgehead atoms. The summed E-state index contributed by atoms with van der Waals surface area (Å²) in [6, 6.07) is 14.2. The van der Waals surface area contributed by atoms with E-state index in [1.165, 1.54) is 12.5 Å². The number of anilines is 2. The summed E-state index contributed by atoms with van der Waals surface area (Å²) in [6.45, 7) is 3.59. The van der Waals surface area contributed by atoms with Crippen molar-refractivity contribution in [2.45, 2.75) is 20.3 Å². The normalized spacial score (nSPS) is 10.0. The number of aryl methyl sites for hydroxylation is 1. The number of carbonyl (C=O) groups is 2. The van der Waals surface area contributed by atoms with Crippen LogP contribution in [-0.4, -0.2) is 11.8 Å². The Bertz CT molecular complexity index is 631. The highest BCUT2D eigenvalue weighted by molar-refractivity contribution is 6.00. The molecule has 0 aliphatic rings. The van der Waals surface area contributed by atoms with Crippen LogP contribution in [0.2, 0.25) is 0 Å². The van der Waals surface area contributed by atoms with Crippen LogP contribution >= 0.6 is 0 Å². The van der Waals surface area contributed by atoms with Gasteiger partial charge < -0.3 is 10.6 Å². The maximum atomic E-state index is 11.9. The summed E-state index contributed by atoms with van der Waals surface area (Å²) in [4.78, 5) is 23.0. The fourth-order valence-corrected chi connectivity index (χ4v) is 1.91. The third-order valence-corrected chi connectivity index (χ3v) is 3.17. The van der Waals surface area contributed by atoms with Gasteiger partial charge >= 0.3 is 6.03 Å². The Hall–Kier alpha value is -2.62. The Morgan fingerprint density at radius 1 is 0.857 bits per heavy atom. The molecule has 108 valence electrons. The van der Waals surface area contributed by atoms with Crippen molar-refractivity contribution in [3.8, 4) is 0 Å². The Morgan fingerprint density at radius 2 is 1.33 bits per heavy atom. The molecular formula is C17H18N2O2. The van der Waals surface area contributed by atoms with Gasteiger partial charge in [0.25, 0.3) is 0 Å². The number of hydrogen-bond acceptors (Lipinski definition) is 2. The van der Waals surface area contributed by atoms with Crippen molar-refractivity contribution in [3.05, 3.63) is 59.7 Å². The minimum Gasteiger partial charge on any atom is -0.308 e. The third kappa shape index (κ3) is 4.18. The molecule has 0 atom stereocenters. The van der Waals surface area contributed by atoms with Crippen molar-refractivity contribution in [3.63, 3.8) is 0 Å². The topological polar surface area (TPSA) is 58.2 Å². The van der Waals surface area contributed by atoms with E-state index in [1.54, 1.807) is 24.3 Å². The second-order valence-corrected chi connectivity index (χ2v) is 4.76. The summed E-state index contributed by atoms with van der Waals surface area (Å²) in [5, 5.41) is 5.49. The highest BCUT2D eigenvalue weighted by Gasteiger charge is 2.04. The first-order valence-electron chi connectivity index (χ1n) is 6.86. The van der Waals surface area contributed by atoms with E-state index >= 15 is 0 Å². The van der Waals surface area contributed by atoms with Crippen molar-refractivity contribution in [1.29, 1.82) is 0 Å². The van der Waals surface area contributed by atoms with E-state index in [0.29, 0.717) is 11.3 Å². The molecule has 2 aromatic carbocycles. The molecule has 0 heterocycles. The molecule has 21 heavy (non-hydrogen) atoms. The largest absolute Gasteiger partial charge is 0.323 e. The minimum absolute atomic E-state index is 0.00187. The van der Waals surface area contributed by atoms with Crippen molar-refractivity contribution < 1.29 is 9.59 Å². The van der Waals surface area contributed by atoms with E-state index in [2.05, 4.69) is 17.6 Å². The van der Waals surface area contributed by atoms with Gasteiger partial charge in [-0.2, -0.15) is 0 Å². The number of hydrogen-bond donors (Lipinski definition) is 2. The lowest BCUT2D eigenvalue weighted by molar-refractivity contribution is 0.101. The summed E-state index contributed by atoms with van der Waals surface area (Å²) in [7, 11) is 0. The second-order valence-electron chi connectivity index (χ2n) is 4.76. The van der Waals surface area contributed by atoms with Crippen molar-refractivity contribution in [1.82, 2.24) is 0 Å². The van der Waals surface area contributed by atoms with Crippen LogP contribution in [0.15, 0.2) is 48.5 Å². The lowest BCUT2D eigenvalue weighted by Crippen LogP contribution is -2.19. The van der Waals surface area contributed by atoms with Crippen molar-refractivity contribution in [2.24, 2.45) is 0 Å². The lowest BCUT2D eigenvalue weighted by atomic mass is 10.1. The smallest absolute Gasteiger partial charge is 0.308 e. The van der Waals surface area contributed by atoms with Gasteiger partial charge in [0.2, 0.25) is 0 Å². The number of Topliss-reactive ketones (excluding diaryl/α,β-unsaturated/α-hetero) is 1. The zero-order chi connectivity index (χ0) is 15.2. The monoisotopic (exact) mass is 282 g/mol. The van der Waals surface area contributed by atoms with Gasteiger partial charge in [-0.15, -0.1) is 0 Å². The molecule has 4 nitrogen and oxygen atoms in total. The molecule has 0 unspecified atom stereocenters. The van der Waals surface area contributed by atoms with Crippen LogP contribution in [0.25, 0.3) is 0 Å². The molecule has 0 aromatic heterocycles. The van der Waals surface area contributed by atoms with Gasteiger partial charge in [0.05, 0.1) is 0 Å². The van der Waals surface area contributed by atoms with E-state index in [9.17, 15) is 9.59 Å². The number of benzene rings is 2. The Balaban J connectivity index is 1.95. The maximum absolute atomic E-state index is 11.9. The van der Waals surface area contributed by atoms with Gasteiger partial charge in [0.15, 0.2) is 5.78 Å². The fraction of sp³-hybridized carbons (Fsp3) is 0.176. The minimum atomic E-state index is -0.310. The Kier molecular flexibility index (Phi) is 4.72. The number of amides is 2. The zero-order valence-corrected chi connectivity index (χ0v) is 12.1. The van der Waals surface area contributed by atoms with Crippen LogP contribution in [0.1, 0.15) is 29.8 Å². The van der Waals surface area contributed by atoms with Gasteiger partial charge in [0, 0.05) is 16.9 Å². The molecule has 0 radical (unpaired) electrons. The molecule has 2 amide bonds. The molecule has 0 saturated carbocycles. The fourth-order valence-electron chi connectivity index (χ4n) is 1.91. The van der Waals surface area contributed by atoms with E-state index in [1.807, 2.05) is 24.3 Å². The number of urea groups is 1. The molecule has 0 saturated heterocycles. The first kappa shape index (κ1) is 14.8. The maximum Gasteiger partial charge on any atom is 0.323 e. The number of ketones is 1. The summed E-state index contributed by atoms with van der Waals surface area (Å²) >= 11 is 0. The highest BCUT2D eigenvalue weighted by Crippen LogP contribution is 2.13. The predicted molar refractivity (Wildman–Crippen MR) is 84.9 cm³/mol. The standard InChI is InChI=1S/C17H18N2O2/c1-3-13-4-8-15(9-5-13)18-17(21)19-16-10-6-14(7-11-16)12(2)20/h4-11H,3H2,1-2H3,(H2,18,19,21). The number of nitrogens with one attached hydrogen (secondary N) is 2. The lowest BCUT2D eigenvalue weighted by Gasteiger charge is -2.08. The summed E-state index contributed by atoms with van der Waals surface area (Å²) in [5.41, 5.74) is 3.23. The summed E-state index contributed by atoms with van der Waals surface area (Å²) in [6.07, 6.45) is 0.967. The van der Waals surface area contributed by atoms with E-state index in [-0.39, 0.29) is 11.8 Å². The first-order chi connectivity index (χ1) is 10.1. The summed E-state index contributed by atoms with van der Waals surface area (Å²) in [5.74, 6) is 0.00187. The molecule has 0 aliphatic heterocycles. The van der Waals surface area contributed by atoms with Crippen LogP contribution in [0.4, 0.5) is 16.2 Å². The first-order valence-corrected chi connectivity index (χ1v) is 6.86. The van der Waals surface area contributed by atoms with Crippen molar-refractivity contribution in [2.75, 3.05) is 10.6 Å². The molecular weight excluding hydrogens is 264 g/mol. The Morgan fingerprint density at radius 3 is 1.76 bits per heavy atom. The van der Waals surface area contributed by atoms with E-state index < -0.39 is 0 Å². The van der Waals surface area contributed by atoms with Crippen molar-refractivity contribution >= 4 is 23.2 Å². The van der Waals surface area contributed by atoms with Crippen LogP contribution in [0.5, 0.6) is 0 Å². The molecule has 0 spiro atoms. The van der Waals surface area contributed by atoms with Gasteiger partial charge in [-0.3, -0.25) is 4.79 Å². The van der Waals surface area contributed by atoms with Crippen LogP contribution in [-0.2, 0) is 6.42 Å². The predicted octanol–water partition coefficient (Wildman–Crippen LogP) is 4.10. The van der Waals surface area contributed by atoms with Gasteiger partial charge in [-0.25, -0.2) is 4.79 Å².